The van der Waals surface area contributed by atoms with Crippen LogP contribution in [0.4, 0.5) is 4.79 Å². The summed E-state index contributed by atoms with van der Waals surface area (Å²) in [4.78, 5) is 69.2. The first-order valence-electron chi connectivity index (χ1n) is 16.4. The van der Waals surface area contributed by atoms with Gasteiger partial charge in [0.1, 0.15) is 22.7 Å². The fourth-order valence-electron chi connectivity index (χ4n) is 4.56. The molecule has 1 rings (SSSR count). The highest BCUT2D eigenvalue weighted by Gasteiger charge is 2.33. The number of aryl methyl sites for hydroxylation is 1. The molecule has 0 saturated carbocycles. The van der Waals surface area contributed by atoms with E-state index in [1.165, 1.54) is 11.3 Å². The summed E-state index contributed by atoms with van der Waals surface area (Å²) in [6, 6.07) is -2.84. The lowest BCUT2D eigenvalue weighted by atomic mass is 9.91. The Labute approximate surface area is 284 Å². The Morgan fingerprint density at radius 2 is 1.51 bits per heavy atom. The largest absolute Gasteiger partial charge is 0.444 e. The topological polar surface area (TPSA) is 188 Å². The normalized spacial score (nSPS) is 15.0. The molecule has 0 unspecified atom stereocenters. The lowest BCUT2D eigenvalue weighted by molar-refractivity contribution is -0.132. The average molecular weight is 683 g/mol. The molecule has 5 amide bonds. The van der Waals surface area contributed by atoms with Crippen molar-refractivity contribution < 1.29 is 33.8 Å². The third-order valence-electron chi connectivity index (χ3n) is 6.99. The van der Waals surface area contributed by atoms with E-state index in [0.29, 0.717) is 18.0 Å². The standard InChI is InChI=1S/C33H58N6O7S/c1-18(2)12-23(25(40)13-21(7)29(42)39-28(20(5)6)31(44)35-15-19(3)4)37-30(43)24(38-32(45)46-33(9,10)11)14-26(41)34-16-27-36-22(8)17-47-27/h17-21,23-25,28,40H,12-16H2,1-11H3,(H,34,41)(H,35,44)(H,37,43)(H,38,45)(H,39,42)/t21-,23+,24-,25+,28+/m1/s1. The van der Waals surface area contributed by atoms with Crippen molar-refractivity contribution in [3.8, 4) is 0 Å². The maximum atomic E-state index is 13.6. The monoisotopic (exact) mass is 682 g/mol. The Hall–Kier alpha value is -3.26. The fraction of sp³-hybridized carbons (Fsp3) is 0.758. The van der Waals surface area contributed by atoms with E-state index < -0.39 is 59.6 Å². The van der Waals surface area contributed by atoms with Crippen molar-refractivity contribution in [1.29, 1.82) is 0 Å². The van der Waals surface area contributed by atoms with E-state index in [2.05, 4.69) is 31.6 Å². The van der Waals surface area contributed by atoms with E-state index in [1.807, 2.05) is 53.8 Å². The van der Waals surface area contributed by atoms with Crippen molar-refractivity contribution in [3.05, 3.63) is 16.1 Å². The number of nitrogens with zero attached hydrogens (tertiary/aromatic N) is 1. The van der Waals surface area contributed by atoms with Crippen LogP contribution in [0.2, 0.25) is 0 Å². The van der Waals surface area contributed by atoms with Gasteiger partial charge in [-0.25, -0.2) is 9.78 Å². The smallest absolute Gasteiger partial charge is 0.408 e. The summed E-state index contributed by atoms with van der Waals surface area (Å²) in [6.07, 6.45) is -2.03. The second-order valence-corrected chi connectivity index (χ2v) is 15.3. The number of hydrogen-bond donors (Lipinski definition) is 6. The second-order valence-electron chi connectivity index (χ2n) is 14.4. The van der Waals surface area contributed by atoms with Crippen molar-refractivity contribution in [2.45, 2.75) is 132 Å². The highest BCUT2D eigenvalue weighted by molar-refractivity contribution is 7.09. The minimum absolute atomic E-state index is 0.000192. The van der Waals surface area contributed by atoms with E-state index in [-0.39, 0.29) is 43.0 Å². The van der Waals surface area contributed by atoms with Crippen molar-refractivity contribution in [1.82, 2.24) is 31.6 Å². The predicted molar refractivity (Wildman–Crippen MR) is 182 cm³/mol. The summed E-state index contributed by atoms with van der Waals surface area (Å²) < 4.78 is 5.33. The van der Waals surface area contributed by atoms with Gasteiger partial charge in [0.25, 0.3) is 0 Å². The molecule has 0 radical (unpaired) electrons. The minimum Gasteiger partial charge on any atom is -0.444 e. The van der Waals surface area contributed by atoms with Crippen LogP contribution < -0.4 is 26.6 Å². The molecule has 13 nitrogen and oxygen atoms in total. The van der Waals surface area contributed by atoms with Gasteiger partial charge in [-0.2, -0.15) is 0 Å². The van der Waals surface area contributed by atoms with Crippen LogP contribution in [0.25, 0.3) is 0 Å². The van der Waals surface area contributed by atoms with Crippen LogP contribution >= 0.6 is 11.3 Å². The molecule has 1 aromatic heterocycles. The number of thiazole rings is 1. The van der Waals surface area contributed by atoms with Crippen molar-refractivity contribution in [3.63, 3.8) is 0 Å². The molecule has 0 aromatic carbocycles. The highest BCUT2D eigenvalue weighted by Crippen LogP contribution is 2.17. The zero-order valence-corrected chi connectivity index (χ0v) is 30.8. The Morgan fingerprint density at radius 1 is 0.872 bits per heavy atom. The van der Waals surface area contributed by atoms with Gasteiger partial charge in [0.2, 0.25) is 23.6 Å². The molecule has 0 saturated heterocycles. The van der Waals surface area contributed by atoms with E-state index in [4.69, 9.17) is 4.74 Å². The molecule has 6 N–H and O–H groups in total. The first-order chi connectivity index (χ1) is 21.7. The van der Waals surface area contributed by atoms with Crippen LogP contribution in [0.3, 0.4) is 0 Å². The van der Waals surface area contributed by atoms with Gasteiger partial charge in [-0.1, -0.05) is 48.5 Å². The van der Waals surface area contributed by atoms with Crippen LogP contribution in [0.1, 0.15) is 99.2 Å². The van der Waals surface area contributed by atoms with Gasteiger partial charge in [0.15, 0.2) is 0 Å². The molecule has 0 bridgehead atoms. The molecular weight excluding hydrogens is 624 g/mol. The van der Waals surface area contributed by atoms with Crippen molar-refractivity contribution in [2.75, 3.05) is 6.54 Å². The van der Waals surface area contributed by atoms with E-state index in [1.54, 1.807) is 27.7 Å². The molecule has 0 aliphatic heterocycles. The lowest BCUT2D eigenvalue weighted by Crippen LogP contribution is -2.55. The Balaban J connectivity index is 3.03. The molecule has 1 heterocycles. The zero-order chi connectivity index (χ0) is 36.1. The SMILES string of the molecule is Cc1csc(CNC(=O)C[C@@H](NC(=O)OC(C)(C)C)C(=O)N[C@@H](CC(C)C)[C@@H](O)C[C@@H](C)C(=O)N[C@H](C(=O)NCC(C)C)C(C)C)n1. The lowest BCUT2D eigenvalue weighted by Gasteiger charge is -2.30. The molecular formula is C33H58N6O7S. The number of aliphatic hydroxyl groups is 1. The van der Waals surface area contributed by atoms with Gasteiger partial charge in [0, 0.05) is 23.5 Å². The van der Waals surface area contributed by atoms with Crippen molar-refractivity contribution >= 4 is 41.1 Å². The molecule has 0 aliphatic rings. The fourth-order valence-corrected chi connectivity index (χ4v) is 5.27. The summed E-state index contributed by atoms with van der Waals surface area (Å²) >= 11 is 1.40. The summed E-state index contributed by atoms with van der Waals surface area (Å²) in [6.45, 7) is 20.7. The summed E-state index contributed by atoms with van der Waals surface area (Å²) in [5.41, 5.74) is -0.0103. The van der Waals surface area contributed by atoms with Crippen LogP contribution in [-0.4, -0.2) is 76.2 Å². The molecule has 14 heteroatoms. The third-order valence-corrected chi connectivity index (χ3v) is 7.96. The summed E-state index contributed by atoms with van der Waals surface area (Å²) in [5.74, 6) is -2.37. The number of ether oxygens (including phenoxy) is 1. The number of alkyl carbamates (subject to hydrolysis) is 1. The number of carbonyl (C=O) groups is 5. The van der Waals surface area contributed by atoms with Gasteiger partial charge in [0.05, 0.1) is 25.1 Å². The van der Waals surface area contributed by atoms with Gasteiger partial charge in [-0.15, -0.1) is 11.3 Å². The van der Waals surface area contributed by atoms with Crippen LogP contribution in [0, 0.1) is 30.6 Å². The summed E-state index contributed by atoms with van der Waals surface area (Å²) in [7, 11) is 0. The number of amides is 5. The summed E-state index contributed by atoms with van der Waals surface area (Å²) in [5, 5.41) is 27.5. The first-order valence-corrected chi connectivity index (χ1v) is 17.3. The number of hydrogen-bond acceptors (Lipinski definition) is 9. The zero-order valence-electron chi connectivity index (χ0n) is 30.0. The van der Waals surface area contributed by atoms with E-state index >= 15 is 0 Å². The van der Waals surface area contributed by atoms with Crippen molar-refractivity contribution in [2.24, 2.45) is 23.7 Å². The molecule has 0 aliphatic carbocycles. The number of carbonyl (C=O) groups excluding carboxylic acids is 5. The average Bonchev–Trinajstić information content (AvgIpc) is 3.35. The van der Waals surface area contributed by atoms with E-state index in [0.717, 1.165) is 5.69 Å². The molecule has 5 atom stereocenters. The molecule has 268 valence electrons. The maximum Gasteiger partial charge on any atom is 0.408 e. The third kappa shape index (κ3) is 16.9. The Morgan fingerprint density at radius 3 is 2.02 bits per heavy atom. The van der Waals surface area contributed by atoms with Crippen LogP contribution in [-0.2, 0) is 30.5 Å². The van der Waals surface area contributed by atoms with Crippen LogP contribution in [0.5, 0.6) is 0 Å². The minimum atomic E-state index is -1.30. The molecule has 0 fully saturated rings. The second kappa shape index (κ2) is 19.5. The van der Waals surface area contributed by atoms with Crippen LogP contribution in [0.15, 0.2) is 5.38 Å². The van der Waals surface area contributed by atoms with Gasteiger partial charge >= 0.3 is 6.09 Å². The number of aromatic nitrogens is 1. The highest BCUT2D eigenvalue weighted by atomic mass is 32.1. The number of rotatable bonds is 18. The van der Waals surface area contributed by atoms with Gasteiger partial charge < -0.3 is 36.4 Å². The van der Waals surface area contributed by atoms with Gasteiger partial charge in [-0.3, -0.25) is 19.2 Å². The number of nitrogens with one attached hydrogen (secondary N) is 5. The molecule has 1 aromatic rings. The first kappa shape index (κ1) is 41.8. The maximum absolute atomic E-state index is 13.6. The Kier molecular flexibility index (Phi) is 17.4. The Bertz CT molecular complexity index is 1180. The molecule has 0 spiro atoms. The molecule has 47 heavy (non-hydrogen) atoms. The van der Waals surface area contributed by atoms with E-state index in [9.17, 15) is 29.1 Å². The van der Waals surface area contributed by atoms with Gasteiger partial charge in [-0.05, 0) is 58.3 Å². The quantitative estimate of drug-likeness (QED) is 0.136. The number of aliphatic hydroxyl groups excluding tert-OH is 1. The predicted octanol–water partition coefficient (Wildman–Crippen LogP) is 3.18.